The predicted molar refractivity (Wildman–Crippen MR) is 53.9 cm³/mol. The topological polar surface area (TPSA) is 44.2 Å². The molecule has 1 saturated heterocycles. The van der Waals surface area contributed by atoms with Gasteiger partial charge in [-0.3, -0.25) is 0 Å². The Morgan fingerprint density at radius 3 is 2.71 bits per heavy atom. The molecule has 2 heterocycles. The zero-order valence-corrected chi connectivity index (χ0v) is 9.64. The second-order valence-electron chi connectivity index (χ2n) is 3.41. The Bertz CT molecular complexity index is 410. The van der Waals surface area contributed by atoms with Gasteiger partial charge in [-0.15, -0.1) is 0 Å². The van der Waals surface area contributed by atoms with Crippen LogP contribution in [-0.2, 0) is 4.74 Å². The van der Waals surface area contributed by atoms with Crippen LogP contribution in [0.1, 0.15) is 5.82 Å². The Labute approximate surface area is 99.5 Å². The SMILES string of the molecule is Cc1ncc(SC(F)(F)F)c(OC2COC2)n1. The van der Waals surface area contributed by atoms with Gasteiger partial charge < -0.3 is 9.47 Å². The molecule has 0 radical (unpaired) electrons. The van der Waals surface area contributed by atoms with Gasteiger partial charge >= 0.3 is 5.51 Å². The molecule has 1 aliphatic heterocycles. The summed E-state index contributed by atoms with van der Waals surface area (Å²) in [7, 11) is 0. The fraction of sp³-hybridized carbons (Fsp3) is 0.556. The van der Waals surface area contributed by atoms with Crippen molar-refractivity contribution < 1.29 is 22.6 Å². The van der Waals surface area contributed by atoms with E-state index in [1.165, 1.54) is 0 Å². The van der Waals surface area contributed by atoms with Crippen LogP contribution in [0.4, 0.5) is 13.2 Å². The molecule has 0 amide bonds. The molecular formula is C9H9F3N2O2S. The smallest absolute Gasteiger partial charge is 0.446 e. The summed E-state index contributed by atoms with van der Waals surface area (Å²) >= 11 is -0.278. The summed E-state index contributed by atoms with van der Waals surface area (Å²) in [6, 6.07) is 0. The molecule has 0 saturated carbocycles. The van der Waals surface area contributed by atoms with Gasteiger partial charge in [-0.25, -0.2) is 4.98 Å². The average Bonchev–Trinajstić information content (AvgIpc) is 2.13. The van der Waals surface area contributed by atoms with Crippen molar-refractivity contribution in [3.05, 3.63) is 12.0 Å². The summed E-state index contributed by atoms with van der Waals surface area (Å²) in [6.07, 6.45) is 0.895. The highest BCUT2D eigenvalue weighted by molar-refractivity contribution is 8.00. The largest absolute Gasteiger partial charge is 0.469 e. The van der Waals surface area contributed by atoms with Crippen LogP contribution in [0, 0.1) is 6.92 Å². The quantitative estimate of drug-likeness (QED) is 0.784. The van der Waals surface area contributed by atoms with Crippen molar-refractivity contribution in [2.75, 3.05) is 13.2 Å². The lowest BCUT2D eigenvalue weighted by Crippen LogP contribution is -2.39. The minimum atomic E-state index is -4.38. The van der Waals surface area contributed by atoms with Gasteiger partial charge in [0, 0.05) is 6.20 Å². The van der Waals surface area contributed by atoms with E-state index in [1.807, 2.05) is 0 Å². The fourth-order valence-corrected chi connectivity index (χ4v) is 1.69. The third-order valence-electron chi connectivity index (χ3n) is 1.95. The summed E-state index contributed by atoms with van der Waals surface area (Å²) < 4.78 is 47.0. The van der Waals surface area contributed by atoms with Crippen molar-refractivity contribution >= 4 is 11.8 Å². The van der Waals surface area contributed by atoms with Crippen LogP contribution >= 0.6 is 11.8 Å². The molecular weight excluding hydrogens is 257 g/mol. The molecule has 0 N–H and O–H groups in total. The standard InChI is InChI=1S/C9H9F3N2O2S/c1-5-13-2-7(17-9(10,11)12)8(14-5)16-6-3-15-4-6/h2,6H,3-4H2,1H3. The zero-order valence-electron chi connectivity index (χ0n) is 8.82. The lowest BCUT2D eigenvalue weighted by molar-refractivity contribution is -0.0827. The molecule has 0 aromatic carbocycles. The molecule has 94 valence electrons. The molecule has 2 rings (SSSR count). The molecule has 0 spiro atoms. The maximum absolute atomic E-state index is 12.3. The first kappa shape index (κ1) is 12.4. The van der Waals surface area contributed by atoms with Crippen molar-refractivity contribution in [2.45, 2.75) is 23.4 Å². The van der Waals surface area contributed by atoms with Crippen molar-refractivity contribution in [3.63, 3.8) is 0 Å². The van der Waals surface area contributed by atoms with Crippen molar-refractivity contribution in [3.8, 4) is 5.88 Å². The van der Waals surface area contributed by atoms with E-state index in [0.717, 1.165) is 6.20 Å². The number of thioether (sulfide) groups is 1. The number of alkyl halides is 3. The number of aryl methyl sites for hydroxylation is 1. The molecule has 8 heteroatoms. The van der Waals surface area contributed by atoms with Crippen LogP contribution in [0.25, 0.3) is 0 Å². The van der Waals surface area contributed by atoms with Crippen molar-refractivity contribution in [1.82, 2.24) is 9.97 Å². The van der Waals surface area contributed by atoms with E-state index in [4.69, 9.17) is 9.47 Å². The Morgan fingerprint density at radius 1 is 1.47 bits per heavy atom. The van der Waals surface area contributed by atoms with Gasteiger partial charge in [-0.1, -0.05) is 0 Å². The second-order valence-corrected chi connectivity index (χ2v) is 4.52. The monoisotopic (exact) mass is 266 g/mol. The van der Waals surface area contributed by atoms with Gasteiger partial charge in [-0.05, 0) is 18.7 Å². The number of rotatable bonds is 3. The van der Waals surface area contributed by atoms with Crippen LogP contribution in [0.15, 0.2) is 11.1 Å². The van der Waals surface area contributed by atoms with Gasteiger partial charge in [0.2, 0.25) is 5.88 Å². The van der Waals surface area contributed by atoms with Crippen LogP contribution in [0.3, 0.4) is 0 Å². The van der Waals surface area contributed by atoms with E-state index in [2.05, 4.69) is 9.97 Å². The molecule has 4 nitrogen and oxygen atoms in total. The highest BCUT2D eigenvalue weighted by atomic mass is 32.2. The summed E-state index contributed by atoms with van der Waals surface area (Å²) in [5, 5.41) is 0. The maximum atomic E-state index is 12.3. The van der Waals surface area contributed by atoms with Crippen LogP contribution in [0.2, 0.25) is 0 Å². The summed E-state index contributed by atoms with van der Waals surface area (Å²) in [5.41, 5.74) is -4.38. The van der Waals surface area contributed by atoms with Crippen LogP contribution in [0.5, 0.6) is 5.88 Å². The molecule has 1 aliphatic rings. The molecule has 1 aromatic heterocycles. The van der Waals surface area contributed by atoms with E-state index in [-0.39, 0.29) is 28.6 Å². The number of halogens is 3. The van der Waals surface area contributed by atoms with E-state index in [1.54, 1.807) is 6.92 Å². The molecule has 0 bridgehead atoms. The van der Waals surface area contributed by atoms with Gasteiger partial charge in [0.05, 0.1) is 18.1 Å². The van der Waals surface area contributed by atoms with Crippen molar-refractivity contribution in [2.24, 2.45) is 0 Å². The number of nitrogens with zero attached hydrogens (tertiary/aromatic N) is 2. The van der Waals surface area contributed by atoms with Crippen molar-refractivity contribution in [1.29, 1.82) is 0 Å². The second kappa shape index (κ2) is 4.69. The van der Waals surface area contributed by atoms with Crippen LogP contribution < -0.4 is 4.74 Å². The van der Waals surface area contributed by atoms with Gasteiger partial charge in [-0.2, -0.15) is 18.2 Å². The van der Waals surface area contributed by atoms with E-state index >= 15 is 0 Å². The minimum Gasteiger partial charge on any atom is -0.469 e. The van der Waals surface area contributed by atoms with E-state index < -0.39 is 5.51 Å². The Hall–Kier alpha value is -1.02. The highest BCUT2D eigenvalue weighted by Crippen LogP contribution is 2.40. The molecule has 1 fully saturated rings. The lowest BCUT2D eigenvalue weighted by Gasteiger charge is -2.26. The first-order chi connectivity index (χ1) is 7.94. The van der Waals surface area contributed by atoms with E-state index in [0.29, 0.717) is 19.0 Å². The first-order valence-corrected chi connectivity index (χ1v) is 5.59. The lowest BCUT2D eigenvalue weighted by atomic mass is 10.3. The minimum absolute atomic E-state index is 0.0341. The van der Waals surface area contributed by atoms with Gasteiger partial charge in [0.25, 0.3) is 0 Å². The number of hydrogen-bond acceptors (Lipinski definition) is 5. The maximum Gasteiger partial charge on any atom is 0.446 e. The predicted octanol–water partition coefficient (Wildman–Crippen LogP) is 2.17. The normalized spacial score (nSPS) is 16.7. The van der Waals surface area contributed by atoms with Gasteiger partial charge in [0.15, 0.2) is 0 Å². The van der Waals surface area contributed by atoms with E-state index in [9.17, 15) is 13.2 Å². The molecule has 1 aromatic rings. The third-order valence-corrected chi connectivity index (χ3v) is 2.69. The summed E-state index contributed by atoms with van der Waals surface area (Å²) in [6.45, 7) is 2.34. The first-order valence-electron chi connectivity index (χ1n) is 4.78. The highest BCUT2D eigenvalue weighted by Gasteiger charge is 2.32. The molecule has 0 atom stereocenters. The van der Waals surface area contributed by atoms with Gasteiger partial charge in [0.1, 0.15) is 11.9 Å². The fourth-order valence-electron chi connectivity index (χ4n) is 1.16. The number of hydrogen-bond donors (Lipinski definition) is 0. The molecule has 0 unspecified atom stereocenters. The number of ether oxygens (including phenoxy) is 2. The summed E-state index contributed by atoms with van der Waals surface area (Å²) in [5.74, 6) is 0.333. The summed E-state index contributed by atoms with van der Waals surface area (Å²) in [4.78, 5) is 7.47. The third kappa shape index (κ3) is 3.47. The Kier molecular flexibility index (Phi) is 3.43. The average molecular weight is 266 g/mol. The Morgan fingerprint density at radius 2 is 2.18 bits per heavy atom. The number of aromatic nitrogens is 2. The Balaban J connectivity index is 2.17. The molecule has 0 aliphatic carbocycles. The van der Waals surface area contributed by atoms with Crippen LogP contribution in [-0.4, -0.2) is 34.8 Å². The zero-order chi connectivity index (χ0) is 12.5. The molecule has 17 heavy (non-hydrogen) atoms.